The molecular weight excluding hydrogens is 523 g/mol. The van der Waals surface area contributed by atoms with Gasteiger partial charge in [0.05, 0.1) is 25.1 Å². The highest BCUT2D eigenvalue weighted by molar-refractivity contribution is 6.00. The molecule has 2 fully saturated rings. The number of benzene rings is 1. The van der Waals surface area contributed by atoms with Crippen LogP contribution in [0.3, 0.4) is 0 Å². The number of piperazine rings is 1. The highest BCUT2D eigenvalue weighted by atomic mass is 19.4. The van der Waals surface area contributed by atoms with Crippen LogP contribution in [0.15, 0.2) is 48.7 Å². The van der Waals surface area contributed by atoms with E-state index in [1.54, 1.807) is 6.07 Å². The normalized spacial score (nSPS) is 16.6. The van der Waals surface area contributed by atoms with Gasteiger partial charge in [-0.3, -0.25) is 0 Å². The number of aryl methyl sites for hydroxylation is 1. The topological polar surface area (TPSA) is 85.9 Å². The van der Waals surface area contributed by atoms with E-state index >= 15 is 0 Å². The average molecular weight is 556 g/mol. The number of morpholine rings is 1. The number of hydrogen-bond acceptors (Lipinski definition) is 7. The quantitative estimate of drug-likeness (QED) is 0.472. The van der Waals surface area contributed by atoms with Crippen molar-refractivity contribution in [3.8, 4) is 11.1 Å². The number of carbonyl (C=O) groups is 1. The fraction of sp³-hybridized carbons (Fsp3) is 0.393. The van der Waals surface area contributed by atoms with Gasteiger partial charge in [0.1, 0.15) is 17.3 Å². The number of nitrogens with one attached hydrogen (secondary N) is 2. The van der Waals surface area contributed by atoms with E-state index < -0.39 is 17.9 Å². The van der Waals surface area contributed by atoms with Crippen LogP contribution in [-0.4, -0.2) is 80.4 Å². The molecule has 5 rings (SSSR count). The van der Waals surface area contributed by atoms with Gasteiger partial charge in [0, 0.05) is 45.0 Å². The summed E-state index contributed by atoms with van der Waals surface area (Å²) in [5, 5.41) is 5.31. The van der Waals surface area contributed by atoms with E-state index in [-0.39, 0.29) is 5.69 Å². The van der Waals surface area contributed by atoms with Crippen molar-refractivity contribution >= 4 is 29.0 Å². The van der Waals surface area contributed by atoms with Gasteiger partial charge in [-0.2, -0.15) is 13.2 Å². The second-order valence-electron chi connectivity index (χ2n) is 10.0. The fourth-order valence-electron chi connectivity index (χ4n) is 4.75. The van der Waals surface area contributed by atoms with Gasteiger partial charge < -0.3 is 30.1 Å². The monoisotopic (exact) mass is 555 g/mol. The molecule has 0 atom stereocenters. The predicted molar refractivity (Wildman–Crippen MR) is 149 cm³/mol. The number of urea groups is 1. The number of likely N-dealkylation sites (N-methyl/N-ethyl adjacent to an activating group) is 1. The van der Waals surface area contributed by atoms with Crippen LogP contribution in [0.1, 0.15) is 11.3 Å². The Bertz CT molecular complexity index is 1340. The number of carbonyl (C=O) groups excluding carboxylic acids is 1. The molecule has 2 saturated heterocycles. The van der Waals surface area contributed by atoms with Gasteiger partial charge in [0.2, 0.25) is 0 Å². The van der Waals surface area contributed by atoms with E-state index in [9.17, 15) is 18.0 Å². The molecule has 40 heavy (non-hydrogen) atoms. The molecule has 2 aliphatic rings. The summed E-state index contributed by atoms with van der Waals surface area (Å²) in [6.45, 7) is 8.52. The Hall–Kier alpha value is -3.90. The van der Waals surface area contributed by atoms with Crippen molar-refractivity contribution in [2.75, 3.05) is 80.0 Å². The maximum absolute atomic E-state index is 12.8. The first-order valence-electron chi connectivity index (χ1n) is 13.2. The Morgan fingerprint density at radius 3 is 2.12 bits per heavy atom. The number of halogens is 3. The van der Waals surface area contributed by atoms with Crippen LogP contribution in [-0.2, 0) is 10.9 Å². The van der Waals surface area contributed by atoms with Gasteiger partial charge >= 0.3 is 12.2 Å². The van der Waals surface area contributed by atoms with Crippen molar-refractivity contribution in [1.29, 1.82) is 0 Å². The number of rotatable bonds is 5. The molecule has 0 spiro atoms. The SMILES string of the molecule is Cc1ccc(NC(=O)Nc2ccc(C(F)(F)F)nc2)cc1-c1cc(N2CCOCC2)nc(N2CCN(C)CC2)c1. The maximum Gasteiger partial charge on any atom is 0.433 e. The summed E-state index contributed by atoms with van der Waals surface area (Å²) >= 11 is 0. The minimum absolute atomic E-state index is 0.152. The Labute approximate surface area is 231 Å². The van der Waals surface area contributed by atoms with Crippen LogP contribution in [0, 0.1) is 6.92 Å². The molecule has 0 bridgehead atoms. The van der Waals surface area contributed by atoms with Crippen LogP contribution in [0.2, 0.25) is 0 Å². The first-order chi connectivity index (χ1) is 19.2. The molecule has 0 radical (unpaired) electrons. The molecule has 212 valence electrons. The summed E-state index contributed by atoms with van der Waals surface area (Å²) in [5.74, 6) is 1.80. The molecular formula is C28H32F3N7O2. The number of ether oxygens (including phenoxy) is 1. The summed E-state index contributed by atoms with van der Waals surface area (Å²) in [7, 11) is 2.12. The number of hydrogen-bond donors (Lipinski definition) is 2. The minimum atomic E-state index is -4.54. The lowest BCUT2D eigenvalue weighted by molar-refractivity contribution is -0.141. The largest absolute Gasteiger partial charge is 0.433 e. The van der Waals surface area contributed by atoms with Gasteiger partial charge in [-0.15, -0.1) is 0 Å². The first-order valence-corrected chi connectivity index (χ1v) is 13.2. The van der Waals surface area contributed by atoms with Crippen molar-refractivity contribution in [2.24, 2.45) is 0 Å². The third-order valence-corrected chi connectivity index (χ3v) is 7.08. The van der Waals surface area contributed by atoms with Crippen LogP contribution >= 0.6 is 0 Å². The molecule has 0 unspecified atom stereocenters. The number of anilines is 4. The van der Waals surface area contributed by atoms with Crippen molar-refractivity contribution in [2.45, 2.75) is 13.1 Å². The predicted octanol–water partition coefficient (Wildman–Crippen LogP) is 4.70. The van der Waals surface area contributed by atoms with E-state index in [0.717, 1.165) is 79.9 Å². The van der Waals surface area contributed by atoms with Crippen molar-refractivity contribution in [3.63, 3.8) is 0 Å². The summed E-state index contributed by atoms with van der Waals surface area (Å²) in [6.07, 6.45) is -3.56. The zero-order chi connectivity index (χ0) is 28.3. The summed E-state index contributed by atoms with van der Waals surface area (Å²) < 4.78 is 43.9. The standard InChI is InChI=1S/C28H32F3N7O2/c1-19-3-4-21(33-27(39)34-22-5-6-24(32-18-22)28(29,30)31)17-23(19)20-15-25(37-9-7-36(2)8-10-37)35-26(16-20)38-11-13-40-14-12-38/h3-6,15-18H,7-14H2,1-2H3,(H2,33,34,39). The molecule has 2 N–H and O–H groups in total. The highest BCUT2D eigenvalue weighted by Gasteiger charge is 2.32. The Balaban J connectivity index is 1.39. The number of pyridine rings is 2. The first kappa shape index (κ1) is 27.7. The fourth-order valence-corrected chi connectivity index (χ4v) is 4.75. The molecule has 12 heteroatoms. The van der Waals surface area contributed by atoms with Crippen LogP contribution in [0.5, 0.6) is 0 Å². The molecule has 3 aromatic rings. The van der Waals surface area contributed by atoms with E-state index in [1.807, 2.05) is 19.1 Å². The number of aromatic nitrogens is 2. The van der Waals surface area contributed by atoms with Gasteiger partial charge in [0.15, 0.2) is 0 Å². The van der Waals surface area contributed by atoms with Gasteiger partial charge in [0.25, 0.3) is 0 Å². The number of nitrogens with zero attached hydrogens (tertiary/aromatic N) is 5. The Kier molecular flexibility index (Phi) is 8.08. The summed E-state index contributed by atoms with van der Waals surface area (Å²) in [5.41, 5.74) is 2.63. The second-order valence-corrected chi connectivity index (χ2v) is 10.0. The Morgan fingerprint density at radius 2 is 1.50 bits per heavy atom. The number of alkyl halides is 3. The average Bonchev–Trinajstić information content (AvgIpc) is 2.94. The molecule has 2 amide bonds. The third kappa shape index (κ3) is 6.62. The smallest absolute Gasteiger partial charge is 0.378 e. The molecule has 0 saturated carbocycles. The lowest BCUT2D eigenvalue weighted by Gasteiger charge is -2.35. The third-order valence-electron chi connectivity index (χ3n) is 7.08. The molecule has 2 aliphatic heterocycles. The van der Waals surface area contributed by atoms with Crippen molar-refractivity contribution in [3.05, 3.63) is 59.9 Å². The van der Waals surface area contributed by atoms with Crippen molar-refractivity contribution < 1.29 is 22.7 Å². The summed E-state index contributed by atoms with van der Waals surface area (Å²) in [4.78, 5) is 27.9. The minimum Gasteiger partial charge on any atom is -0.378 e. The van der Waals surface area contributed by atoms with Crippen LogP contribution in [0.25, 0.3) is 11.1 Å². The highest BCUT2D eigenvalue weighted by Crippen LogP contribution is 2.33. The van der Waals surface area contributed by atoms with E-state index in [2.05, 4.69) is 49.5 Å². The van der Waals surface area contributed by atoms with Gasteiger partial charge in [-0.25, -0.2) is 14.8 Å². The van der Waals surface area contributed by atoms with Crippen LogP contribution < -0.4 is 20.4 Å². The molecule has 1 aromatic carbocycles. The summed E-state index contributed by atoms with van der Waals surface area (Å²) in [6, 6.07) is 11.2. The second kappa shape index (κ2) is 11.7. The van der Waals surface area contributed by atoms with E-state index in [0.29, 0.717) is 18.9 Å². The molecule has 9 nitrogen and oxygen atoms in total. The zero-order valence-corrected chi connectivity index (χ0v) is 22.5. The zero-order valence-electron chi connectivity index (χ0n) is 22.5. The van der Waals surface area contributed by atoms with Gasteiger partial charge in [-0.05, 0) is 67.1 Å². The van der Waals surface area contributed by atoms with Gasteiger partial charge in [-0.1, -0.05) is 6.07 Å². The maximum atomic E-state index is 12.8. The lowest BCUT2D eigenvalue weighted by atomic mass is 10.00. The lowest BCUT2D eigenvalue weighted by Crippen LogP contribution is -2.45. The van der Waals surface area contributed by atoms with E-state index in [1.165, 1.54) is 6.07 Å². The number of amides is 2. The molecule has 4 heterocycles. The Morgan fingerprint density at radius 1 is 0.875 bits per heavy atom. The molecule has 0 aliphatic carbocycles. The van der Waals surface area contributed by atoms with Crippen LogP contribution in [0.4, 0.5) is 41.0 Å². The van der Waals surface area contributed by atoms with E-state index in [4.69, 9.17) is 9.72 Å². The molecule has 2 aromatic heterocycles. The van der Waals surface area contributed by atoms with Crippen molar-refractivity contribution in [1.82, 2.24) is 14.9 Å².